The first-order valence-corrected chi connectivity index (χ1v) is 7.63. The first-order valence-electron chi connectivity index (χ1n) is 7.63. The number of amides is 1. The van der Waals surface area contributed by atoms with Crippen molar-refractivity contribution in [2.75, 3.05) is 13.1 Å². The van der Waals surface area contributed by atoms with E-state index in [1.807, 2.05) is 29.2 Å². The van der Waals surface area contributed by atoms with Crippen LogP contribution in [0.3, 0.4) is 0 Å². The summed E-state index contributed by atoms with van der Waals surface area (Å²) in [4.78, 5) is 29.2. The Kier molecular flexibility index (Phi) is 4.37. The van der Waals surface area contributed by atoms with E-state index in [-0.39, 0.29) is 17.4 Å². The summed E-state index contributed by atoms with van der Waals surface area (Å²) in [5.41, 5.74) is 2.30. The number of carbonyl (C=O) groups excluding carboxylic acids is 1. The largest absolute Gasteiger partial charge is 0.478 e. The Balaban J connectivity index is 1.61. The molecule has 23 heavy (non-hydrogen) atoms. The van der Waals surface area contributed by atoms with Gasteiger partial charge in [-0.25, -0.2) is 4.79 Å². The lowest BCUT2D eigenvalue weighted by molar-refractivity contribution is -0.129. The van der Waals surface area contributed by atoms with Crippen molar-refractivity contribution in [1.29, 1.82) is 0 Å². The number of aromatic nitrogens is 1. The topological polar surface area (TPSA) is 70.5 Å². The van der Waals surface area contributed by atoms with Crippen LogP contribution in [0.1, 0.15) is 33.8 Å². The molecule has 118 valence electrons. The van der Waals surface area contributed by atoms with Gasteiger partial charge in [0.05, 0.1) is 12.0 Å². The number of carbonyl (C=O) groups is 2. The highest BCUT2D eigenvalue weighted by Gasteiger charge is 2.27. The standard InChI is InChI=1S/C18H18N2O3/c21-17(10-13-2-1-8-19-11-13)20-9-7-16(12-20)14-3-5-15(6-4-14)18(22)23/h1-6,8,11,16H,7,9-10,12H2,(H,22,23). The lowest BCUT2D eigenvalue weighted by Crippen LogP contribution is -2.29. The third kappa shape index (κ3) is 3.56. The summed E-state index contributed by atoms with van der Waals surface area (Å²) < 4.78 is 0. The molecule has 2 aromatic rings. The second-order valence-electron chi connectivity index (χ2n) is 5.79. The molecule has 1 saturated heterocycles. The SMILES string of the molecule is O=C(O)c1ccc(C2CCN(C(=O)Cc3cccnc3)C2)cc1. The van der Waals surface area contributed by atoms with Gasteiger partial charge in [0, 0.05) is 31.4 Å². The second-order valence-corrected chi connectivity index (χ2v) is 5.79. The molecule has 1 unspecified atom stereocenters. The van der Waals surface area contributed by atoms with E-state index in [1.165, 1.54) is 0 Å². The summed E-state index contributed by atoms with van der Waals surface area (Å²) in [5, 5.41) is 8.94. The molecule has 1 amide bonds. The summed E-state index contributed by atoms with van der Waals surface area (Å²) in [6, 6.07) is 10.7. The van der Waals surface area contributed by atoms with E-state index in [2.05, 4.69) is 4.98 Å². The van der Waals surface area contributed by atoms with Gasteiger partial charge in [0.2, 0.25) is 5.91 Å². The molecule has 2 heterocycles. The molecule has 5 heteroatoms. The van der Waals surface area contributed by atoms with Gasteiger partial charge in [-0.15, -0.1) is 0 Å². The maximum atomic E-state index is 12.4. The number of aromatic carboxylic acids is 1. The van der Waals surface area contributed by atoms with Gasteiger partial charge in [-0.2, -0.15) is 0 Å². The van der Waals surface area contributed by atoms with E-state index in [9.17, 15) is 9.59 Å². The molecule has 0 saturated carbocycles. The minimum Gasteiger partial charge on any atom is -0.478 e. The highest BCUT2D eigenvalue weighted by molar-refractivity contribution is 5.87. The van der Waals surface area contributed by atoms with Gasteiger partial charge >= 0.3 is 5.97 Å². The number of nitrogens with zero attached hydrogens (tertiary/aromatic N) is 2. The van der Waals surface area contributed by atoms with Crippen LogP contribution >= 0.6 is 0 Å². The second kappa shape index (κ2) is 6.60. The Labute approximate surface area is 134 Å². The number of likely N-dealkylation sites (tertiary alicyclic amines) is 1. The van der Waals surface area contributed by atoms with Crippen LogP contribution in [0.2, 0.25) is 0 Å². The smallest absolute Gasteiger partial charge is 0.335 e. The minimum absolute atomic E-state index is 0.114. The van der Waals surface area contributed by atoms with Crippen LogP contribution in [-0.2, 0) is 11.2 Å². The van der Waals surface area contributed by atoms with E-state index in [4.69, 9.17) is 5.11 Å². The zero-order valence-electron chi connectivity index (χ0n) is 12.7. The highest BCUT2D eigenvalue weighted by Crippen LogP contribution is 2.27. The molecule has 5 nitrogen and oxygen atoms in total. The maximum absolute atomic E-state index is 12.4. The van der Waals surface area contributed by atoms with E-state index in [0.29, 0.717) is 13.0 Å². The molecular weight excluding hydrogens is 292 g/mol. The van der Waals surface area contributed by atoms with Crippen molar-refractivity contribution in [2.45, 2.75) is 18.8 Å². The molecule has 0 radical (unpaired) electrons. The van der Waals surface area contributed by atoms with Crippen molar-refractivity contribution in [2.24, 2.45) is 0 Å². The molecule has 0 aliphatic carbocycles. The lowest BCUT2D eigenvalue weighted by atomic mass is 9.97. The number of carboxylic acid groups (broad SMARTS) is 1. The molecule has 1 aliphatic rings. The minimum atomic E-state index is -0.920. The fourth-order valence-electron chi connectivity index (χ4n) is 2.95. The Bertz CT molecular complexity index is 698. The van der Waals surface area contributed by atoms with E-state index in [1.54, 1.807) is 24.5 Å². The fraction of sp³-hybridized carbons (Fsp3) is 0.278. The zero-order chi connectivity index (χ0) is 16.2. The number of hydrogen-bond donors (Lipinski definition) is 1. The van der Waals surface area contributed by atoms with Crippen LogP contribution in [0.5, 0.6) is 0 Å². The van der Waals surface area contributed by atoms with Crippen molar-refractivity contribution in [3.8, 4) is 0 Å². The highest BCUT2D eigenvalue weighted by atomic mass is 16.4. The molecule has 0 spiro atoms. The van der Waals surface area contributed by atoms with Crippen LogP contribution in [0.15, 0.2) is 48.8 Å². The average Bonchev–Trinajstić information content (AvgIpc) is 3.06. The fourth-order valence-corrected chi connectivity index (χ4v) is 2.95. The van der Waals surface area contributed by atoms with Gasteiger partial charge in [0.25, 0.3) is 0 Å². The maximum Gasteiger partial charge on any atom is 0.335 e. The quantitative estimate of drug-likeness (QED) is 0.941. The first kappa shape index (κ1) is 15.2. The molecule has 1 N–H and O–H groups in total. The van der Waals surface area contributed by atoms with E-state index >= 15 is 0 Å². The monoisotopic (exact) mass is 310 g/mol. The summed E-state index contributed by atoms with van der Waals surface area (Å²) in [5.74, 6) is -0.533. The summed E-state index contributed by atoms with van der Waals surface area (Å²) in [6.07, 6.45) is 4.69. The number of benzene rings is 1. The predicted octanol–water partition coefficient (Wildman–Crippen LogP) is 2.34. The van der Waals surface area contributed by atoms with Gasteiger partial charge in [-0.3, -0.25) is 9.78 Å². The van der Waals surface area contributed by atoms with Gasteiger partial charge in [-0.1, -0.05) is 18.2 Å². The zero-order valence-corrected chi connectivity index (χ0v) is 12.7. The Morgan fingerprint density at radius 2 is 2.00 bits per heavy atom. The van der Waals surface area contributed by atoms with E-state index < -0.39 is 5.97 Å². The molecule has 3 rings (SSSR count). The Morgan fingerprint density at radius 1 is 1.22 bits per heavy atom. The summed E-state index contributed by atoms with van der Waals surface area (Å²) in [6.45, 7) is 1.43. The predicted molar refractivity (Wildman–Crippen MR) is 85.3 cm³/mol. The van der Waals surface area contributed by atoms with Crippen molar-refractivity contribution < 1.29 is 14.7 Å². The van der Waals surface area contributed by atoms with Gasteiger partial charge in [-0.05, 0) is 35.7 Å². The molecule has 1 fully saturated rings. The van der Waals surface area contributed by atoms with Crippen molar-refractivity contribution in [1.82, 2.24) is 9.88 Å². The average molecular weight is 310 g/mol. The molecule has 1 aromatic carbocycles. The molecule has 0 bridgehead atoms. The lowest BCUT2D eigenvalue weighted by Gasteiger charge is -2.17. The van der Waals surface area contributed by atoms with Crippen molar-refractivity contribution in [3.05, 3.63) is 65.5 Å². The number of rotatable bonds is 4. The third-order valence-electron chi connectivity index (χ3n) is 4.25. The molecule has 1 aromatic heterocycles. The third-order valence-corrected chi connectivity index (χ3v) is 4.25. The number of carboxylic acids is 1. The van der Waals surface area contributed by atoms with Crippen LogP contribution in [-0.4, -0.2) is 40.0 Å². The first-order chi connectivity index (χ1) is 11.1. The molecule has 1 aliphatic heterocycles. The van der Waals surface area contributed by atoms with Crippen LogP contribution in [0.25, 0.3) is 0 Å². The Morgan fingerprint density at radius 3 is 2.65 bits per heavy atom. The van der Waals surface area contributed by atoms with Gasteiger partial charge in [0.15, 0.2) is 0 Å². The van der Waals surface area contributed by atoms with E-state index in [0.717, 1.165) is 24.1 Å². The normalized spacial score (nSPS) is 17.2. The van der Waals surface area contributed by atoms with Gasteiger partial charge in [0.1, 0.15) is 0 Å². The van der Waals surface area contributed by atoms with Crippen molar-refractivity contribution >= 4 is 11.9 Å². The van der Waals surface area contributed by atoms with Crippen LogP contribution in [0, 0.1) is 0 Å². The number of hydrogen-bond acceptors (Lipinski definition) is 3. The summed E-state index contributed by atoms with van der Waals surface area (Å²) >= 11 is 0. The number of pyridine rings is 1. The molecule has 1 atom stereocenters. The summed E-state index contributed by atoms with van der Waals surface area (Å²) in [7, 11) is 0. The van der Waals surface area contributed by atoms with Crippen LogP contribution in [0.4, 0.5) is 0 Å². The van der Waals surface area contributed by atoms with Crippen molar-refractivity contribution in [3.63, 3.8) is 0 Å². The molecular formula is C18H18N2O3. The van der Waals surface area contributed by atoms with Crippen LogP contribution < -0.4 is 0 Å². The Hall–Kier alpha value is -2.69. The van der Waals surface area contributed by atoms with Gasteiger partial charge < -0.3 is 10.0 Å².